The van der Waals surface area contributed by atoms with Gasteiger partial charge in [0.2, 0.25) is 0 Å². The number of nitrogens with zero attached hydrogens (tertiary/aromatic N) is 2. The Morgan fingerprint density at radius 3 is 2.50 bits per heavy atom. The van der Waals surface area contributed by atoms with Crippen molar-refractivity contribution in [1.82, 2.24) is 9.78 Å². The van der Waals surface area contributed by atoms with Crippen molar-refractivity contribution >= 4 is 11.6 Å². The van der Waals surface area contributed by atoms with Gasteiger partial charge in [0.1, 0.15) is 0 Å². The van der Waals surface area contributed by atoms with Gasteiger partial charge in [-0.2, -0.15) is 5.10 Å². The highest BCUT2D eigenvalue weighted by atomic mass is 35.5. The molecule has 1 heterocycles. The van der Waals surface area contributed by atoms with Gasteiger partial charge in [0.25, 0.3) is 0 Å². The molecule has 0 aliphatic rings. The van der Waals surface area contributed by atoms with Crippen molar-refractivity contribution in [2.24, 2.45) is 0 Å². The Kier molecular flexibility index (Phi) is 3.30. The van der Waals surface area contributed by atoms with Crippen LogP contribution in [0.5, 0.6) is 0 Å². The molecule has 0 N–H and O–H groups in total. The van der Waals surface area contributed by atoms with E-state index in [2.05, 4.69) is 24.2 Å². The number of rotatable bonds is 3. The SMILES string of the molecule is Cc1nn(-c2ccccc2)c(C)c1CCCl. The minimum Gasteiger partial charge on any atom is -0.238 e. The smallest absolute Gasteiger partial charge is 0.0648 e. The van der Waals surface area contributed by atoms with E-state index in [9.17, 15) is 0 Å². The molecule has 2 rings (SSSR count). The highest BCUT2D eigenvalue weighted by molar-refractivity contribution is 6.18. The molecule has 0 aliphatic heterocycles. The van der Waals surface area contributed by atoms with E-state index in [0.29, 0.717) is 5.88 Å². The zero-order chi connectivity index (χ0) is 11.5. The lowest BCUT2D eigenvalue weighted by molar-refractivity contribution is 0.832. The summed E-state index contributed by atoms with van der Waals surface area (Å²) in [5.41, 5.74) is 4.62. The first-order valence-electron chi connectivity index (χ1n) is 5.40. The number of aryl methyl sites for hydroxylation is 1. The lowest BCUT2D eigenvalue weighted by Gasteiger charge is -2.04. The van der Waals surface area contributed by atoms with Gasteiger partial charge in [-0.1, -0.05) is 18.2 Å². The van der Waals surface area contributed by atoms with Gasteiger partial charge in [-0.05, 0) is 38.0 Å². The van der Waals surface area contributed by atoms with Gasteiger partial charge in [0.05, 0.1) is 11.4 Å². The highest BCUT2D eigenvalue weighted by Crippen LogP contribution is 2.18. The molecular formula is C13H15ClN2. The maximum absolute atomic E-state index is 5.80. The molecular weight excluding hydrogens is 220 g/mol. The topological polar surface area (TPSA) is 17.8 Å². The molecule has 0 saturated heterocycles. The molecule has 0 radical (unpaired) electrons. The summed E-state index contributed by atoms with van der Waals surface area (Å²) in [6.07, 6.45) is 0.881. The first-order chi connectivity index (χ1) is 7.74. The van der Waals surface area contributed by atoms with Crippen molar-refractivity contribution in [3.63, 3.8) is 0 Å². The van der Waals surface area contributed by atoms with E-state index < -0.39 is 0 Å². The molecule has 0 fully saturated rings. The van der Waals surface area contributed by atoms with E-state index in [0.717, 1.165) is 17.8 Å². The molecule has 0 bridgehead atoms. The molecule has 1 aromatic carbocycles. The van der Waals surface area contributed by atoms with Crippen LogP contribution in [0.3, 0.4) is 0 Å². The van der Waals surface area contributed by atoms with Gasteiger partial charge in [-0.25, -0.2) is 4.68 Å². The van der Waals surface area contributed by atoms with Crippen molar-refractivity contribution in [2.75, 3.05) is 5.88 Å². The van der Waals surface area contributed by atoms with E-state index in [1.165, 1.54) is 11.3 Å². The predicted molar refractivity (Wildman–Crippen MR) is 67.5 cm³/mol. The normalized spacial score (nSPS) is 10.7. The minimum atomic E-state index is 0.641. The van der Waals surface area contributed by atoms with Crippen molar-refractivity contribution in [1.29, 1.82) is 0 Å². The van der Waals surface area contributed by atoms with Crippen LogP contribution in [0.25, 0.3) is 5.69 Å². The van der Waals surface area contributed by atoms with Gasteiger partial charge in [0, 0.05) is 11.6 Å². The van der Waals surface area contributed by atoms with Crippen molar-refractivity contribution in [3.05, 3.63) is 47.3 Å². The summed E-state index contributed by atoms with van der Waals surface area (Å²) in [4.78, 5) is 0. The number of benzene rings is 1. The van der Waals surface area contributed by atoms with Crippen molar-refractivity contribution < 1.29 is 0 Å². The molecule has 0 atom stereocenters. The standard InChI is InChI=1S/C13H15ClN2/c1-10-13(8-9-14)11(2)16(15-10)12-6-4-3-5-7-12/h3-7H,8-9H2,1-2H3. The number of hydrogen-bond donors (Lipinski definition) is 0. The Bertz CT molecular complexity index is 474. The van der Waals surface area contributed by atoms with Crippen molar-refractivity contribution in [3.8, 4) is 5.69 Å². The fourth-order valence-corrected chi connectivity index (χ4v) is 2.14. The van der Waals surface area contributed by atoms with E-state index >= 15 is 0 Å². The Balaban J connectivity index is 2.47. The summed E-state index contributed by atoms with van der Waals surface area (Å²) >= 11 is 5.80. The average Bonchev–Trinajstić information content (AvgIpc) is 2.59. The van der Waals surface area contributed by atoms with Gasteiger partial charge < -0.3 is 0 Å². The monoisotopic (exact) mass is 234 g/mol. The number of alkyl halides is 1. The molecule has 0 amide bonds. The maximum Gasteiger partial charge on any atom is 0.0648 e. The predicted octanol–water partition coefficient (Wildman–Crippen LogP) is 3.27. The second kappa shape index (κ2) is 4.71. The Hall–Kier alpha value is -1.28. The number of aromatic nitrogens is 2. The third-order valence-corrected chi connectivity index (χ3v) is 2.98. The molecule has 1 aromatic heterocycles. The lowest BCUT2D eigenvalue weighted by Crippen LogP contribution is -1.99. The third-order valence-electron chi connectivity index (χ3n) is 2.79. The van der Waals surface area contributed by atoms with Crippen LogP contribution in [-0.2, 0) is 6.42 Å². The zero-order valence-corrected chi connectivity index (χ0v) is 10.3. The summed E-state index contributed by atoms with van der Waals surface area (Å²) < 4.78 is 1.98. The Labute approximate surface area is 101 Å². The van der Waals surface area contributed by atoms with Crippen LogP contribution in [0.15, 0.2) is 30.3 Å². The number of hydrogen-bond acceptors (Lipinski definition) is 1. The van der Waals surface area contributed by atoms with Gasteiger partial charge in [0.15, 0.2) is 0 Å². The lowest BCUT2D eigenvalue weighted by atomic mass is 10.1. The minimum absolute atomic E-state index is 0.641. The van der Waals surface area contributed by atoms with Crippen LogP contribution in [0.1, 0.15) is 17.0 Å². The molecule has 0 unspecified atom stereocenters. The summed E-state index contributed by atoms with van der Waals surface area (Å²) in [5, 5.41) is 4.56. The van der Waals surface area contributed by atoms with Crippen molar-refractivity contribution in [2.45, 2.75) is 20.3 Å². The average molecular weight is 235 g/mol. The van der Waals surface area contributed by atoms with Crippen LogP contribution in [0.2, 0.25) is 0 Å². The van der Waals surface area contributed by atoms with Crippen LogP contribution in [-0.4, -0.2) is 15.7 Å². The number of para-hydroxylation sites is 1. The van der Waals surface area contributed by atoms with E-state index in [1.54, 1.807) is 0 Å². The van der Waals surface area contributed by atoms with Gasteiger partial charge in [-0.15, -0.1) is 11.6 Å². The zero-order valence-electron chi connectivity index (χ0n) is 9.57. The molecule has 84 valence electrons. The second-order valence-corrected chi connectivity index (χ2v) is 4.21. The highest BCUT2D eigenvalue weighted by Gasteiger charge is 2.11. The van der Waals surface area contributed by atoms with Crippen LogP contribution < -0.4 is 0 Å². The molecule has 0 saturated carbocycles. The van der Waals surface area contributed by atoms with Gasteiger partial charge >= 0.3 is 0 Å². The molecule has 2 aromatic rings. The first-order valence-corrected chi connectivity index (χ1v) is 5.94. The number of halogens is 1. The summed E-state index contributed by atoms with van der Waals surface area (Å²) in [7, 11) is 0. The largest absolute Gasteiger partial charge is 0.238 e. The first kappa shape index (κ1) is 11.2. The Morgan fingerprint density at radius 1 is 1.19 bits per heavy atom. The quantitative estimate of drug-likeness (QED) is 0.746. The summed E-state index contributed by atoms with van der Waals surface area (Å²) in [5.74, 6) is 0.641. The van der Waals surface area contributed by atoms with Crippen LogP contribution in [0.4, 0.5) is 0 Å². The summed E-state index contributed by atoms with van der Waals surface area (Å²) in [6.45, 7) is 4.13. The van der Waals surface area contributed by atoms with E-state index in [-0.39, 0.29) is 0 Å². The summed E-state index contributed by atoms with van der Waals surface area (Å²) in [6, 6.07) is 10.2. The van der Waals surface area contributed by atoms with Gasteiger partial charge in [-0.3, -0.25) is 0 Å². The fraction of sp³-hybridized carbons (Fsp3) is 0.308. The molecule has 3 heteroatoms. The molecule has 0 aliphatic carbocycles. The van der Waals surface area contributed by atoms with E-state index in [1.807, 2.05) is 29.8 Å². The fourth-order valence-electron chi connectivity index (χ4n) is 1.95. The van der Waals surface area contributed by atoms with E-state index in [4.69, 9.17) is 11.6 Å². The molecule has 16 heavy (non-hydrogen) atoms. The Morgan fingerprint density at radius 2 is 1.88 bits per heavy atom. The third kappa shape index (κ3) is 1.98. The second-order valence-electron chi connectivity index (χ2n) is 3.84. The van der Waals surface area contributed by atoms with Crippen LogP contribution >= 0.6 is 11.6 Å². The van der Waals surface area contributed by atoms with Crippen LogP contribution in [0, 0.1) is 13.8 Å². The molecule has 0 spiro atoms. The molecule has 2 nitrogen and oxygen atoms in total. The maximum atomic E-state index is 5.80.